The maximum atomic E-state index is 6.06. The molecule has 5 heteroatoms. The minimum Gasteiger partial charge on any atom is -0.366 e. The molecule has 3 N–H and O–H groups in total. The molecular weight excluding hydrogens is 245 g/mol. The molecule has 0 saturated heterocycles. The molecule has 16 heavy (non-hydrogen) atoms. The van der Waals surface area contributed by atoms with Gasteiger partial charge in [-0.2, -0.15) is 0 Å². The van der Waals surface area contributed by atoms with Crippen molar-refractivity contribution >= 4 is 29.0 Å². The quantitative estimate of drug-likeness (QED) is 0.878. The van der Waals surface area contributed by atoms with Gasteiger partial charge in [0.2, 0.25) is 0 Å². The largest absolute Gasteiger partial charge is 0.366 e. The first-order valence-corrected chi connectivity index (χ1v) is 6.24. The van der Waals surface area contributed by atoms with Gasteiger partial charge in [0, 0.05) is 12.2 Å². The molecule has 0 radical (unpaired) electrons. The van der Waals surface area contributed by atoms with E-state index < -0.39 is 0 Å². The van der Waals surface area contributed by atoms with Crippen molar-refractivity contribution in [3.8, 4) is 0 Å². The van der Waals surface area contributed by atoms with Crippen molar-refractivity contribution in [2.24, 2.45) is 11.7 Å². The van der Waals surface area contributed by atoms with Gasteiger partial charge in [-0.05, 0) is 31.4 Å². The summed E-state index contributed by atoms with van der Waals surface area (Å²) >= 11 is 11.9. The van der Waals surface area contributed by atoms with Crippen LogP contribution in [0.1, 0.15) is 19.3 Å². The topological polar surface area (TPSA) is 50.9 Å². The van der Waals surface area contributed by atoms with Gasteiger partial charge in [-0.15, -0.1) is 0 Å². The van der Waals surface area contributed by atoms with E-state index in [-0.39, 0.29) is 0 Å². The van der Waals surface area contributed by atoms with E-state index in [4.69, 9.17) is 28.9 Å². The third-order valence-electron chi connectivity index (χ3n) is 3.09. The van der Waals surface area contributed by atoms with Crippen LogP contribution in [0.25, 0.3) is 0 Å². The number of hydrogen-bond acceptors (Lipinski definition) is 3. The number of rotatable bonds is 3. The second-order valence-electron chi connectivity index (χ2n) is 4.16. The Morgan fingerprint density at radius 2 is 2.25 bits per heavy atom. The summed E-state index contributed by atoms with van der Waals surface area (Å²) in [6, 6.07) is 2.08. The minimum atomic E-state index is 0.385. The fourth-order valence-electron chi connectivity index (χ4n) is 2.21. The number of nitrogens with two attached hydrogens (primary N) is 1. The van der Waals surface area contributed by atoms with E-state index in [0.717, 1.165) is 6.42 Å². The van der Waals surface area contributed by atoms with Crippen molar-refractivity contribution in [2.45, 2.75) is 25.3 Å². The highest BCUT2D eigenvalue weighted by Crippen LogP contribution is 2.30. The Bertz CT molecular complexity index is 370. The first kappa shape index (κ1) is 12.0. The lowest BCUT2D eigenvalue weighted by Crippen LogP contribution is -2.29. The number of hydrogen-bond donors (Lipinski definition) is 2. The number of nitrogens with one attached hydrogen (secondary N) is 1. The molecular formula is C11H15Cl2N3. The van der Waals surface area contributed by atoms with Gasteiger partial charge < -0.3 is 11.1 Å². The second kappa shape index (κ2) is 5.21. The molecule has 0 aromatic carbocycles. The molecule has 1 fully saturated rings. The maximum Gasteiger partial charge on any atom is 0.145 e. The molecule has 3 nitrogen and oxygen atoms in total. The number of anilines is 1. The van der Waals surface area contributed by atoms with E-state index in [9.17, 15) is 0 Å². The molecule has 1 saturated carbocycles. The van der Waals surface area contributed by atoms with Gasteiger partial charge in [-0.1, -0.05) is 29.6 Å². The maximum absolute atomic E-state index is 6.06. The van der Waals surface area contributed by atoms with Crippen LogP contribution in [0, 0.1) is 5.92 Å². The third-order valence-corrected chi connectivity index (χ3v) is 3.59. The van der Waals surface area contributed by atoms with E-state index >= 15 is 0 Å². The van der Waals surface area contributed by atoms with E-state index in [2.05, 4.69) is 10.3 Å². The van der Waals surface area contributed by atoms with Crippen LogP contribution in [-0.4, -0.2) is 17.6 Å². The summed E-state index contributed by atoms with van der Waals surface area (Å²) in [7, 11) is 0. The summed E-state index contributed by atoms with van der Waals surface area (Å²) in [6.07, 6.45) is 5.12. The predicted molar refractivity (Wildman–Crippen MR) is 68.1 cm³/mol. The zero-order chi connectivity index (χ0) is 11.5. The molecule has 88 valence electrons. The van der Waals surface area contributed by atoms with Crippen LogP contribution in [0.5, 0.6) is 0 Å². The Morgan fingerprint density at radius 1 is 1.44 bits per heavy atom. The van der Waals surface area contributed by atoms with E-state index in [1.807, 2.05) is 0 Å². The Kier molecular flexibility index (Phi) is 3.90. The lowest BCUT2D eigenvalue weighted by Gasteiger charge is -2.20. The summed E-state index contributed by atoms with van der Waals surface area (Å²) in [5, 5.41) is 4.47. The average Bonchev–Trinajstić information content (AvgIpc) is 2.69. The van der Waals surface area contributed by atoms with E-state index in [0.29, 0.717) is 34.4 Å². The number of halogens is 2. The van der Waals surface area contributed by atoms with Crippen LogP contribution in [0.3, 0.4) is 0 Å². The van der Waals surface area contributed by atoms with Gasteiger partial charge in [-0.3, -0.25) is 0 Å². The molecule has 2 unspecified atom stereocenters. The molecule has 0 amide bonds. The molecule has 0 aliphatic heterocycles. The number of pyridine rings is 1. The lowest BCUT2D eigenvalue weighted by atomic mass is 10.0. The Hall–Kier alpha value is -0.510. The van der Waals surface area contributed by atoms with Crippen LogP contribution < -0.4 is 11.1 Å². The average molecular weight is 260 g/mol. The Morgan fingerprint density at radius 3 is 2.94 bits per heavy atom. The van der Waals surface area contributed by atoms with Gasteiger partial charge in [0.15, 0.2) is 0 Å². The summed E-state index contributed by atoms with van der Waals surface area (Å²) in [5.41, 5.74) is 5.73. The summed E-state index contributed by atoms with van der Waals surface area (Å²) in [4.78, 5) is 4.19. The minimum absolute atomic E-state index is 0.385. The van der Waals surface area contributed by atoms with Crippen molar-refractivity contribution in [2.75, 3.05) is 11.9 Å². The molecule has 1 aliphatic carbocycles. The van der Waals surface area contributed by atoms with Crippen LogP contribution in [0.15, 0.2) is 12.3 Å². The molecule has 0 bridgehead atoms. The second-order valence-corrected chi connectivity index (χ2v) is 5.01. The van der Waals surface area contributed by atoms with Crippen molar-refractivity contribution in [3.05, 3.63) is 22.3 Å². The molecule has 2 rings (SSSR count). The smallest absolute Gasteiger partial charge is 0.145 e. The molecule has 0 spiro atoms. The van der Waals surface area contributed by atoms with Crippen LogP contribution in [-0.2, 0) is 0 Å². The normalized spacial score (nSPS) is 24.7. The fraction of sp³-hybridized carbons (Fsp3) is 0.545. The first-order valence-electron chi connectivity index (χ1n) is 5.48. The van der Waals surface area contributed by atoms with Crippen LogP contribution in [0.2, 0.25) is 10.0 Å². The van der Waals surface area contributed by atoms with E-state index in [1.165, 1.54) is 12.8 Å². The fourth-order valence-corrected chi connectivity index (χ4v) is 2.64. The van der Waals surface area contributed by atoms with Crippen LogP contribution >= 0.6 is 23.2 Å². The zero-order valence-electron chi connectivity index (χ0n) is 8.92. The molecule has 1 aromatic rings. The highest BCUT2D eigenvalue weighted by molar-refractivity contribution is 6.35. The van der Waals surface area contributed by atoms with Crippen molar-refractivity contribution in [1.29, 1.82) is 0 Å². The molecule has 2 atom stereocenters. The first-order chi connectivity index (χ1) is 7.70. The monoisotopic (exact) mass is 259 g/mol. The highest BCUT2D eigenvalue weighted by atomic mass is 35.5. The van der Waals surface area contributed by atoms with Gasteiger partial charge in [0.05, 0.1) is 10.0 Å². The molecule has 1 aliphatic rings. The lowest BCUT2D eigenvalue weighted by molar-refractivity contribution is 0.515. The summed E-state index contributed by atoms with van der Waals surface area (Å²) < 4.78 is 0. The molecule has 1 heterocycles. The number of nitrogens with zero attached hydrogens (tertiary/aromatic N) is 1. The Balaban J connectivity index is 2.08. The summed E-state index contributed by atoms with van der Waals surface area (Å²) in [5.74, 6) is 1.23. The predicted octanol–water partition coefficient (Wildman–Crippen LogP) is 2.93. The SMILES string of the molecule is NCC1CCCC1Nc1ncc(Cl)cc1Cl. The van der Waals surface area contributed by atoms with Crippen molar-refractivity contribution in [1.82, 2.24) is 4.98 Å². The third kappa shape index (κ3) is 2.59. The van der Waals surface area contributed by atoms with Crippen LogP contribution in [0.4, 0.5) is 5.82 Å². The van der Waals surface area contributed by atoms with Gasteiger partial charge in [0.25, 0.3) is 0 Å². The highest BCUT2D eigenvalue weighted by Gasteiger charge is 2.26. The van der Waals surface area contributed by atoms with Gasteiger partial charge in [-0.25, -0.2) is 4.98 Å². The van der Waals surface area contributed by atoms with E-state index in [1.54, 1.807) is 12.3 Å². The zero-order valence-corrected chi connectivity index (χ0v) is 10.4. The standard InChI is InChI=1S/C11H15Cl2N3/c12-8-4-9(13)11(15-6-8)16-10-3-1-2-7(10)5-14/h4,6-7,10H,1-3,5,14H2,(H,15,16). The number of aromatic nitrogens is 1. The van der Waals surface area contributed by atoms with Crippen molar-refractivity contribution in [3.63, 3.8) is 0 Å². The van der Waals surface area contributed by atoms with Gasteiger partial charge >= 0.3 is 0 Å². The summed E-state index contributed by atoms with van der Waals surface area (Å²) in [6.45, 7) is 0.711. The Labute approximate surface area is 105 Å². The van der Waals surface area contributed by atoms with Crippen molar-refractivity contribution < 1.29 is 0 Å². The van der Waals surface area contributed by atoms with Gasteiger partial charge in [0.1, 0.15) is 5.82 Å². The molecule has 1 aromatic heterocycles.